The summed E-state index contributed by atoms with van der Waals surface area (Å²) in [6, 6.07) is 2.34. The summed E-state index contributed by atoms with van der Waals surface area (Å²) < 4.78 is 11.2. The van der Waals surface area contributed by atoms with Gasteiger partial charge in [-0.05, 0) is 18.9 Å². The van der Waals surface area contributed by atoms with Crippen LogP contribution in [0, 0.1) is 6.04 Å². The lowest BCUT2D eigenvalue weighted by Gasteiger charge is -2.17. The van der Waals surface area contributed by atoms with Gasteiger partial charge >= 0.3 is 0 Å². The van der Waals surface area contributed by atoms with Crippen molar-refractivity contribution in [3.8, 4) is 0 Å². The van der Waals surface area contributed by atoms with Gasteiger partial charge in [-0.2, -0.15) is 0 Å². The van der Waals surface area contributed by atoms with Crippen LogP contribution in [0.2, 0.25) is 0 Å². The van der Waals surface area contributed by atoms with Crippen LogP contribution < -0.4 is 0 Å². The summed E-state index contributed by atoms with van der Waals surface area (Å²) in [6.45, 7) is 8.09. The molecule has 0 aromatic heterocycles. The molecule has 0 aromatic carbocycles. The van der Waals surface area contributed by atoms with E-state index in [1.54, 1.807) is 0 Å². The van der Waals surface area contributed by atoms with E-state index in [0.717, 1.165) is 32.5 Å². The van der Waals surface area contributed by atoms with Gasteiger partial charge in [0.05, 0.1) is 9.52 Å². The number of ether oxygens (including phenoxy) is 2. The molecule has 2 nitrogen and oxygen atoms in total. The molecule has 3 heteroatoms. The molecule has 0 aromatic rings. The highest BCUT2D eigenvalue weighted by Gasteiger charge is 2.07. The first-order valence-electron chi connectivity index (χ1n) is 5.39. The minimum absolute atomic E-state index is 0.125. The highest BCUT2D eigenvalue weighted by Crippen LogP contribution is 1.99. The molecule has 0 rings (SSSR count). The Morgan fingerprint density at radius 1 is 1.08 bits per heavy atom. The minimum Gasteiger partial charge on any atom is -0.357 e. The zero-order valence-electron chi connectivity index (χ0n) is 9.21. The summed E-state index contributed by atoms with van der Waals surface area (Å²) in [4.78, 5) is 0. The van der Waals surface area contributed by atoms with E-state index in [-0.39, 0.29) is 15.4 Å². The molecule has 0 saturated heterocycles. The molecule has 0 aliphatic carbocycles. The smallest absolute Gasteiger partial charge is 0.135 e. The van der Waals surface area contributed by atoms with Crippen molar-refractivity contribution in [3.05, 3.63) is 6.04 Å². The highest BCUT2D eigenvalue weighted by atomic mass is 28.2. The van der Waals surface area contributed by atoms with E-state index in [9.17, 15) is 0 Å². The van der Waals surface area contributed by atoms with Gasteiger partial charge in [-0.25, -0.2) is 0 Å². The average molecular weight is 203 g/mol. The molecular formula is C10H23O2Si. The van der Waals surface area contributed by atoms with Crippen molar-refractivity contribution in [3.63, 3.8) is 0 Å². The van der Waals surface area contributed by atoms with Gasteiger partial charge in [0.15, 0.2) is 0 Å². The maximum Gasteiger partial charge on any atom is 0.135 e. The molecule has 0 N–H and O–H groups in total. The van der Waals surface area contributed by atoms with Crippen molar-refractivity contribution >= 4 is 9.52 Å². The molecule has 79 valence electrons. The van der Waals surface area contributed by atoms with Gasteiger partial charge in [0.25, 0.3) is 0 Å². The van der Waals surface area contributed by atoms with Crippen LogP contribution in [-0.2, 0) is 9.47 Å². The summed E-state index contributed by atoms with van der Waals surface area (Å²) in [6.07, 6.45) is 3.30. The van der Waals surface area contributed by atoms with Crippen LogP contribution in [0.25, 0.3) is 0 Å². The van der Waals surface area contributed by atoms with E-state index in [4.69, 9.17) is 9.47 Å². The van der Waals surface area contributed by atoms with Crippen LogP contribution in [-0.4, -0.2) is 28.6 Å². The Balaban J connectivity index is 3.47. The summed E-state index contributed by atoms with van der Waals surface area (Å²) in [5, 5.41) is 0. The first-order chi connectivity index (χ1) is 6.35. The van der Waals surface area contributed by atoms with Crippen molar-refractivity contribution in [1.82, 2.24) is 0 Å². The largest absolute Gasteiger partial charge is 0.357 e. The molecule has 0 atom stereocenters. The van der Waals surface area contributed by atoms with Crippen LogP contribution in [0.4, 0.5) is 0 Å². The fourth-order valence-electron chi connectivity index (χ4n) is 0.986. The van der Waals surface area contributed by atoms with E-state index in [0.29, 0.717) is 0 Å². The molecular weight excluding hydrogens is 180 g/mol. The Bertz CT molecular complexity index is 79.9. The maximum absolute atomic E-state index is 5.60. The molecule has 0 amide bonds. The first-order valence-corrected chi connectivity index (χ1v) is 7.03. The number of rotatable bonds is 9. The molecule has 1 radical (unpaired) electrons. The molecule has 0 aliphatic heterocycles. The molecule has 0 saturated carbocycles. The van der Waals surface area contributed by atoms with Crippen molar-refractivity contribution in [1.29, 1.82) is 0 Å². The van der Waals surface area contributed by atoms with E-state index in [2.05, 4.69) is 26.8 Å². The van der Waals surface area contributed by atoms with E-state index >= 15 is 0 Å². The summed E-state index contributed by atoms with van der Waals surface area (Å²) in [5.41, 5.74) is 0. The highest BCUT2D eigenvalue weighted by molar-refractivity contribution is 6.41. The fraction of sp³-hybridized carbons (Fsp3) is 0.900. The number of hydrogen-bond donors (Lipinski definition) is 0. The number of hydrogen-bond acceptors (Lipinski definition) is 2. The third kappa shape index (κ3) is 8.47. The predicted molar refractivity (Wildman–Crippen MR) is 59.4 cm³/mol. The van der Waals surface area contributed by atoms with Gasteiger partial charge in [-0.1, -0.05) is 27.2 Å². The van der Waals surface area contributed by atoms with Gasteiger partial charge < -0.3 is 9.47 Å². The Morgan fingerprint density at radius 3 is 2.00 bits per heavy atom. The second kappa shape index (κ2) is 10.2. The summed E-state index contributed by atoms with van der Waals surface area (Å²) in [5.74, 6) is 0.125. The maximum atomic E-state index is 5.60. The van der Waals surface area contributed by atoms with Crippen molar-refractivity contribution in [2.75, 3.05) is 13.2 Å². The van der Waals surface area contributed by atoms with Gasteiger partial charge in [0, 0.05) is 13.2 Å². The van der Waals surface area contributed by atoms with E-state index in [1.165, 1.54) is 0 Å². The molecule has 13 heavy (non-hydrogen) atoms. The molecule has 0 heterocycles. The molecule has 0 aliphatic rings. The summed E-state index contributed by atoms with van der Waals surface area (Å²) >= 11 is 0. The third-order valence-corrected chi connectivity index (χ3v) is 3.43. The normalized spacial score (nSPS) is 12.0. The third-order valence-electron chi connectivity index (χ3n) is 1.66. The Labute approximate surface area is 84.8 Å². The van der Waals surface area contributed by atoms with E-state index in [1.807, 2.05) is 0 Å². The van der Waals surface area contributed by atoms with E-state index < -0.39 is 0 Å². The zero-order chi connectivity index (χ0) is 9.94. The van der Waals surface area contributed by atoms with Crippen molar-refractivity contribution in [2.24, 2.45) is 0 Å². The standard InChI is InChI=1S/C10H23O2Si/c1-4-7-11-10(12-8-5-2)13-9-6-3/h9-10H,4-8,13H2,1-3H3. The molecule has 0 fully saturated rings. The van der Waals surface area contributed by atoms with Crippen molar-refractivity contribution < 1.29 is 9.47 Å². The SMILES string of the molecule is CC[CH][SiH2]C(OCCC)OCCC. The van der Waals surface area contributed by atoms with Crippen molar-refractivity contribution in [2.45, 2.75) is 45.9 Å². The second-order valence-corrected chi connectivity index (χ2v) is 4.82. The van der Waals surface area contributed by atoms with Gasteiger partial charge in [-0.3, -0.25) is 0 Å². The Hall–Kier alpha value is 0.137. The summed E-state index contributed by atoms with van der Waals surface area (Å²) in [7, 11) is -0.285. The average Bonchev–Trinajstić information content (AvgIpc) is 2.17. The lowest BCUT2D eigenvalue weighted by Crippen LogP contribution is -2.25. The lowest BCUT2D eigenvalue weighted by atomic mass is 10.5. The fourth-order valence-corrected chi connectivity index (χ4v) is 2.20. The quantitative estimate of drug-likeness (QED) is 0.421. The van der Waals surface area contributed by atoms with Crippen LogP contribution in [0.5, 0.6) is 0 Å². The van der Waals surface area contributed by atoms with Crippen LogP contribution in [0.3, 0.4) is 0 Å². The molecule has 0 spiro atoms. The predicted octanol–water partition coefficient (Wildman–Crippen LogP) is 1.86. The van der Waals surface area contributed by atoms with Gasteiger partial charge in [0.1, 0.15) is 5.91 Å². The van der Waals surface area contributed by atoms with Gasteiger partial charge in [0.2, 0.25) is 0 Å². The Morgan fingerprint density at radius 2 is 1.62 bits per heavy atom. The molecule has 0 bridgehead atoms. The first kappa shape index (κ1) is 13.1. The monoisotopic (exact) mass is 203 g/mol. The van der Waals surface area contributed by atoms with Crippen LogP contribution in [0.1, 0.15) is 40.0 Å². The minimum atomic E-state index is -0.285. The Kier molecular flexibility index (Phi) is 10.3. The van der Waals surface area contributed by atoms with Crippen LogP contribution in [0.15, 0.2) is 0 Å². The van der Waals surface area contributed by atoms with Gasteiger partial charge in [-0.15, -0.1) is 0 Å². The second-order valence-electron chi connectivity index (χ2n) is 3.10. The zero-order valence-corrected chi connectivity index (χ0v) is 10.6. The van der Waals surface area contributed by atoms with Crippen LogP contribution >= 0.6 is 0 Å². The molecule has 0 unspecified atom stereocenters. The lowest BCUT2D eigenvalue weighted by molar-refractivity contribution is -0.0899. The topological polar surface area (TPSA) is 18.5 Å².